The van der Waals surface area contributed by atoms with Crippen LogP contribution in [-0.2, 0) is 6.54 Å². The number of oxazole rings is 1. The molecule has 0 radical (unpaired) electrons. The molecule has 0 aliphatic heterocycles. The molecule has 2 N–H and O–H groups in total. The molecule has 0 saturated heterocycles. The van der Waals surface area contributed by atoms with E-state index >= 15 is 0 Å². The predicted molar refractivity (Wildman–Crippen MR) is 83.9 cm³/mol. The average molecular weight is 296 g/mol. The lowest BCUT2D eigenvalue weighted by Crippen LogP contribution is -2.22. The summed E-state index contributed by atoms with van der Waals surface area (Å²) in [7, 11) is 0. The number of hydrogen-bond donors (Lipinski definition) is 2. The lowest BCUT2D eigenvalue weighted by atomic mass is 10.1. The van der Waals surface area contributed by atoms with E-state index in [4.69, 9.17) is 4.42 Å². The highest BCUT2D eigenvalue weighted by Gasteiger charge is 2.07. The van der Waals surface area contributed by atoms with E-state index in [1.807, 2.05) is 38.1 Å². The van der Waals surface area contributed by atoms with Gasteiger partial charge in [-0.3, -0.25) is 9.78 Å². The first-order valence-corrected chi connectivity index (χ1v) is 7.00. The number of amides is 1. The van der Waals surface area contributed by atoms with Crippen LogP contribution in [0.25, 0.3) is 11.1 Å². The monoisotopic (exact) mass is 296 g/mol. The van der Waals surface area contributed by atoms with E-state index in [0.717, 1.165) is 16.7 Å². The van der Waals surface area contributed by atoms with Gasteiger partial charge in [0, 0.05) is 12.1 Å². The van der Waals surface area contributed by atoms with Crippen molar-refractivity contribution in [1.29, 1.82) is 0 Å². The normalized spacial score (nSPS) is 10.8. The minimum Gasteiger partial charge on any atom is -0.408 e. The Labute approximate surface area is 127 Å². The van der Waals surface area contributed by atoms with Crippen molar-refractivity contribution in [1.82, 2.24) is 10.3 Å². The fourth-order valence-corrected chi connectivity index (χ4v) is 2.27. The number of benzene rings is 2. The van der Waals surface area contributed by atoms with Crippen molar-refractivity contribution in [2.45, 2.75) is 20.4 Å². The summed E-state index contributed by atoms with van der Waals surface area (Å²) in [4.78, 5) is 25.9. The Bertz CT molecular complexity index is 906. The first-order chi connectivity index (χ1) is 10.5. The standard InChI is InChI=1S/C17H16N2O3/c1-10-3-5-13(7-11(10)2)16(20)18-9-12-4-6-14-15(8-12)22-17(21)19-14/h3-8H,9H2,1-2H3,(H,18,20)(H,19,21). The molecule has 5 heteroatoms. The van der Waals surface area contributed by atoms with Crippen molar-refractivity contribution < 1.29 is 9.21 Å². The SMILES string of the molecule is Cc1ccc(C(=O)NCc2ccc3[nH]c(=O)oc3c2)cc1C. The number of aromatic amines is 1. The summed E-state index contributed by atoms with van der Waals surface area (Å²) in [6.45, 7) is 4.36. The fraction of sp³-hybridized carbons (Fsp3) is 0.176. The molecule has 2 aromatic carbocycles. The first-order valence-electron chi connectivity index (χ1n) is 7.00. The van der Waals surface area contributed by atoms with Crippen LogP contribution in [-0.4, -0.2) is 10.9 Å². The predicted octanol–water partition coefficient (Wildman–Crippen LogP) is 2.67. The molecule has 0 unspecified atom stereocenters. The number of hydrogen-bond acceptors (Lipinski definition) is 3. The van der Waals surface area contributed by atoms with Gasteiger partial charge in [-0.25, -0.2) is 4.79 Å². The van der Waals surface area contributed by atoms with Gasteiger partial charge in [0.2, 0.25) is 0 Å². The van der Waals surface area contributed by atoms with Crippen LogP contribution in [0, 0.1) is 13.8 Å². The summed E-state index contributed by atoms with van der Waals surface area (Å²) < 4.78 is 5.01. The molecule has 0 fully saturated rings. The molecule has 1 heterocycles. The van der Waals surface area contributed by atoms with Gasteiger partial charge in [0.05, 0.1) is 5.52 Å². The molecule has 1 amide bonds. The number of H-pyrrole nitrogens is 1. The van der Waals surface area contributed by atoms with Gasteiger partial charge in [-0.15, -0.1) is 0 Å². The zero-order chi connectivity index (χ0) is 15.7. The molecule has 5 nitrogen and oxygen atoms in total. The average Bonchev–Trinajstić information content (AvgIpc) is 2.86. The van der Waals surface area contributed by atoms with Gasteiger partial charge < -0.3 is 9.73 Å². The molecule has 22 heavy (non-hydrogen) atoms. The molecule has 0 aliphatic rings. The van der Waals surface area contributed by atoms with Crippen molar-refractivity contribution in [2.24, 2.45) is 0 Å². The highest BCUT2D eigenvalue weighted by Crippen LogP contribution is 2.13. The summed E-state index contributed by atoms with van der Waals surface area (Å²) in [5.74, 6) is -0.606. The van der Waals surface area contributed by atoms with Gasteiger partial charge in [-0.1, -0.05) is 12.1 Å². The summed E-state index contributed by atoms with van der Waals surface area (Å²) in [5, 5.41) is 2.86. The van der Waals surface area contributed by atoms with Gasteiger partial charge in [0.1, 0.15) is 0 Å². The van der Waals surface area contributed by atoms with Crippen molar-refractivity contribution in [3.05, 3.63) is 69.2 Å². The number of rotatable bonds is 3. The van der Waals surface area contributed by atoms with E-state index in [9.17, 15) is 9.59 Å². The zero-order valence-electron chi connectivity index (χ0n) is 12.4. The molecule has 0 atom stereocenters. The molecular weight excluding hydrogens is 280 g/mol. The first kappa shape index (κ1) is 14.1. The lowest BCUT2D eigenvalue weighted by Gasteiger charge is -2.07. The molecule has 0 saturated carbocycles. The Morgan fingerprint density at radius 2 is 1.95 bits per heavy atom. The number of carbonyl (C=O) groups is 1. The van der Waals surface area contributed by atoms with Gasteiger partial charge in [0.25, 0.3) is 5.91 Å². The molecule has 0 spiro atoms. The third kappa shape index (κ3) is 2.79. The summed E-state index contributed by atoms with van der Waals surface area (Å²) in [5.41, 5.74) is 4.88. The van der Waals surface area contributed by atoms with Crippen LogP contribution >= 0.6 is 0 Å². The smallest absolute Gasteiger partial charge is 0.408 e. The van der Waals surface area contributed by atoms with E-state index in [0.29, 0.717) is 23.2 Å². The quantitative estimate of drug-likeness (QED) is 0.780. The van der Waals surface area contributed by atoms with Crippen LogP contribution in [0.2, 0.25) is 0 Å². The molecule has 1 aromatic heterocycles. The highest BCUT2D eigenvalue weighted by molar-refractivity contribution is 5.94. The van der Waals surface area contributed by atoms with Gasteiger partial charge in [0.15, 0.2) is 5.58 Å². The minimum atomic E-state index is -0.480. The van der Waals surface area contributed by atoms with Gasteiger partial charge in [-0.05, 0) is 54.8 Å². The molecule has 0 aliphatic carbocycles. The van der Waals surface area contributed by atoms with Crippen LogP contribution in [0.4, 0.5) is 0 Å². The number of aryl methyl sites for hydroxylation is 2. The van der Waals surface area contributed by atoms with Crippen LogP contribution in [0.15, 0.2) is 45.6 Å². The van der Waals surface area contributed by atoms with E-state index < -0.39 is 5.76 Å². The minimum absolute atomic E-state index is 0.126. The Morgan fingerprint density at radius 1 is 1.14 bits per heavy atom. The number of fused-ring (bicyclic) bond motifs is 1. The summed E-state index contributed by atoms with van der Waals surface area (Å²) in [6.07, 6.45) is 0. The highest BCUT2D eigenvalue weighted by atomic mass is 16.4. The van der Waals surface area contributed by atoms with Crippen molar-refractivity contribution in [3.63, 3.8) is 0 Å². The fourth-order valence-electron chi connectivity index (χ4n) is 2.27. The number of aromatic nitrogens is 1. The van der Waals surface area contributed by atoms with Crippen LogP contribution in [0.3, 0.4) is 0 Å². The summed E-state index contributed by atoms with van der Waals surface area (Å²) in [6, 6.07) is 11.0. The van der Waals surface area contributed by atoms with Crippen molar-refractivity contribution in [3.8, 4) is 0 Å². The van der Waals surface area contributed by atoms with Crippen molar-refractivity contribution in [2.75, 3.05) is 0 Å². The number of nitrogens with one attached hydrogen (secondary N) is 2. The Morgan fingerprint density at radius 3 is 2.73 bits per heavy atom. The van der Waals surface area contributed by atoms with Crippen LogP contribution in [0.5, 0.6) is 0 Å². The second kappa shape index (κ2) is 5.52. The van der Waals surface area contributed by atoms with E-state index in [-0.39, 0.29) is 5.91 Å². The van der Waals surface area contributed by atoms with E-state index in [2.05, 4.69) is 10.3 Å². The topological polar surface area (TPSA) is 75.1 Å². The third-order valence-electron chi connectivity index (χ3n) is 3.71. The maximum absolute atomic E-state index is 12.2. The third-order valence-corrected chi connectivity index (χ3v) is 3.71. The zero-order valence-corrected chi connectivity index (χ0v) is 12.4. The molecule has 3 aromatic rings. The van der Waals surface area contributed by atoms with Crippen LogP contribution < -0.4 is 11.1 Å². The molecule has 3 rings (SSSR count). The maximum atomic E-state index is 12.2. The summed E-state index contributed by atoms with van der Waals surface area (Å²) >= 11 is 0. The molecule has 0 bridgehead atoms. The second-order valence-electron chi connectivity index (χ2n) is 5.33. The van der Waals surface area contributed by atoms with Gasteiger partial charge >= 0.3 is 5.76 Å². The van der Waals surface area contributed by atoms with E-state index in [1.54, 1.807) is 12.1 Å². The largest absolute Gasteiger partial charge is 0.417 e. The van der Waals surface area contributed by atoms with Crippen molar-refractivity contribution >= 4 is 17.0 Å². The van der Waals surface area contributed by atoms with E-state index in [1.165, 1.54) is 0 Å². The Kier molecular flexibility index (Phi) is 3.55. The molecule has 112 valence electrons. The lowest BCUT2D eigenvalue weighted by molar-refractivity contribution is 0.0951. The second-order valence-corrected chi connectivity index (χ2v) is 5.33. The molecular formula is C17H16N2O3. The number of carbonyl (C=O) groups excluding carboxylic acids is 1. The maximum Gasteiger partial charge on any atom is 0.417 e. The Hall–Kier alpha value is -2.82. The Balaban J connectivity index is 1.73. The van der Waals surface area contributed by atoms with Crippen LogP contribution in [0.1, 0.15) is 27.0 Å². The van der Waals surface area contributed by atoms with Gasteiger partial charge in [-0.2, -0.15) is 0 Å².